The lowest BCUT2D eigenvalue weighted by molar-refractivity contribution is 0.497. The number of hydrogen-bond donors (Lipinski definition) is 1. The van der Waals surface area contributed by atoms with Crippen molar-refractivity contribution in [1.29, 1.82) is 0 Å². The van der Waals surface area contributed by atoms with Crippen LogP contribution in [0.2, 0.25) is 0 Å². The molecule has 1 aliphatic carbocycles. The SMILES string of the molecule is Cc1cccn2cc(CSc3n[nH]c(CCC4CCCC4)n3)nc12. The normalized spacial score (nSPS) is 15.5. The molecule has 1 N–H and O–H groups in total. The molecule has 0 saturated heterocycles. The summed E-state index contributed by atoms with van der Waals surface area (Å²) in [6.45, 7) is 2.09. The van der Waals surface area contributed by atoms with E-state index < -0.39 is 0 Å². The third kappa shape index (κ3) is 3.48. The van der Waals surface area contributed by atoms with E-state index in [2.05, 4.69) is 38.8 Å². The van der Waals surface area contributed by atoms with Crippen molar-refractivity contribution in [3.63, 3.8) is 0 Å². The molecular weight excluding hydrogens is 318 g/mol. The van der Waals surface area contributed by atoms with Crippen LogP contribution < -0.4 is 0 Å². The topological polar surface area (TPSA) is 58.9 Å². The van der Waals surface area contributed by atoms with Gasteiger partial charge in [-0.3, -0.25) is 5.10 Å². The number of fused-ring (bicyclic) bond motifs is 1. The van der Waals surface area contributed by atoms with Crippen molar-refractivity contribution in [3.05, 3.63) is 41.6 Å². The van der Waals surface area contributed by atoms with Gasteiger partial charge in [0, 0.05) is 24.6 Å². The van der Waals surface area contributed by atoms with Crippen molar-refractivity contribution in [1.82, 2.24) is 24.6 Å². The Hall–Kier alpha value is -1.82. The molecule has 0 bridgehead atoms. The monoisotopic (exact) mass is 341 g/mol. The van der Waals surface area contributed by atoms with Crippen LogP contribution >= 0.6 is 11.8 Å². The molecule has 3 aromatic heterocycles. The summed E-state index contributed by atoms with van der Waals surface area (Å²) in [5.74, 6) is 2.71. The third-order valence-corrected chi connectivity index (χ3v) is 5.73. The highest BCUT2D eigenvalue weighted by molar-refractivity contribution is 7.98. The maximum absolute atomic E-state index is 4.70. The molecule has 3 heterocycles. The average Bonchev–Trinajstić information content (AvgIpc) is 3.31. The lowest BCUT2D eigenvalue weighted by Gasteiger charge is -2.05. The van der Waals surface area contributed by atoms with Gasteiger partial charge in [0.1, 0.15) is 11.5 Å². The first kappa shape index (κ1) is 15.7. The van der Waals surface area contributed by atoms with Crippen molar-refractivity contribution >= 4 is 17.4 Å². The maximum Gasteiger partial charge on any atom is 0.208 e. The summed E-state index contributed by atoms with van der Waals surface area (Å²) < 4.78 is 2.08. The molecule has 0 unspecified atom stereocenters. The zero-order valence-corrected chi connectivity index (χ0v) is 14.9. The molecular formula is C18H23N5S. The van der Waals surface area contributed by atoms with Gasteiger partial charge in [0.15, 0.2) is 0 Å². The zero-order valence-electron chi connectivity index (χ0n) is 14.0. The quantitative estimate of drug-likeness (QED) is 0.684. The number of aryl methyl sites for hydroxylation is 2. The fraction of sp³-hybridized carbons (Fsp3) is 0.500. The van der Waals surface area contributed by atoms with Crippen LogP contribution in [-0.4, -0.2) is 24.6 Å². The molecule has 126 valence electrons. The maximum atomic E-state index is 4.70. The van der Waals surface area contributed by atoms with E-state index in [1.807, 2.05) is 12.3 Å². The number of H-pyrrole nitrogens is 1. The van der Waals surface area contributed by atoms with Crippen molar-refractivity contribution in [3.8, 4) is 0 Å². The van der Waals surface area contributed by atoms with Crippen LogP contribution in [0.1, 0.15) is 49.2 Å². The predicted octanol–water partition coefficient (Wildman–Crippen LogP) is 4.18. The van der Waals surface area contributed by atoms with Gasteiger partial charge in [0.25, 0.3) is 0 Å². The van der Waals surface area contributed by atoms with Crippen molar-refractivity contribution < 1.29 is 0 Å². The predicted molar refractivity (Wildman–Crippen MR) is 96.2 cm³/mol. The third-order valence-electron chi connectivity index (χ3n) is 4.85. The van der Waals surface area contributed by atoms with Crippen molar-refractivity contribution in [2.75, 3.05) is 0 Å². The summed E-state index contributed by atoms with van der Waals surface area (Å²) in [7, 11) is 0. The van der Waals surface area contributed by atoms with Crippen molar-refractivity contribution in [2.45, 2.75) is 56.4 Å². The van der Waals surface area contributed by atoms with E-state index in [9.17, 15) is 0 Å². The number of imidazole rings is 1. The highest BCUT2D eigenvalue weighted by Crippen LogP contribution is 2.28. The fourth-order valence-electron chi connectivity index (χ4n) is 3.51. The Morgan fingerprint density at radius 2 is 2.17 bits per heavy atom. The molecule has 6 heteroatoms. The number of rotatable bonds is 6. The van der Waals surface area contributed by atoms with Crippen LogP contribution in [0.4, 0.5) is 0 Å². The Balaban J connectivity index is 1.34. The van der Waals surface area contributed by atoms with Crippen LogP contribution in [0.15, 0.2) is 29.7 Å². The number of nitrogens with zero attached hydrogens (tertiary/aromatic N) is 4. The highest BCUT2D eigenvalue weighted by Gasteiger charge is 2.15. The molecule has 0 amide bonds. The van der Waals surface area contributed by atoms with E-state index in [1.165, 1.54) is 37.7 Å². The standard InChI is InChI=1S/C18H23N5S/c1-13-5-4-10-23-11-15(19-17(13)23)12-24-18-20-16(21-22-18)9-8-14-6-2-3-7-14/h4-5,10-11,14H,2-3,6-9,12H2,1H3,(H,20,21,22). The lowest BCUT2D eigenvalue weighted by Crippen LogP contribution is -1.97. The summed E-state index contributed by atoms with van der Waals surface area (Å²) in [6, 6.07) is 4.14. The molecule has 3 aromatic rings. The van der Waals surface area contributed by atoms with Gasteiger partial charge in [-0.2, -0.15) is 0 Å². The minimum Gasteiger partial charge on any atom is -0.307 e. The lowest BCUT2D eigenvalue weighted by atomic mass is 10.0. The molecule has 24 heavy (non-hydrogen) atoms. The van der Waals surface area contributed by atoms with Gasteiger partial charge in [-0.1, -0.05) is 43.5 Å². The van der Waals surface area contributed by atoms with E-state index in [-0.39, 0.29) is 0 Å². The van der Waals surface area contributed by atoms with Gasteiger partial charge in [-0.05, 0) is 30.9 Å². The second kappa shape index (κ2) is 6.97. The van der Waals surface area contributed by atoms with Crippen molar-refractivity contribution in [2.24, 2.45) is 5.92 Å². The largest absolute Gasteiger partial charge is 0.307 e. The minimum atomic E-state index is 0.793. The molecule has 4 rings (SSSR count). The number of aromatic amines is 1. The first-order valence-electron chi connectivity index (χ1n) is 8.75. The van der Waals surface area contributed by atoms with E-state index in [1.54, 1.807) is 11.8 Å². The Morgan fingerprint density at radius 3 is 3.00 bits per heavy atom. The molecule has 0 aliphatic heterocycles. The number of thioether (sulfide) groups is 1. The Morgan fingerprint density at radius 1 is 1.29 bits per heavy atom. The molecule has 1 saturated carbocycles. The van der Waals surface area contributed by atoms with Crippen LogP contribution in [0.3, 0.4) is 0 Å². The van der Waals surface area contributed by atoms with Crippen LogP contribution in [0.25, 0.3) is 5.65 Å². The van der Waals surface area contributed by atoms with Crippen LogP contribution in [0, 0.1) is 12.8 Å². The van der Waals surface area contributed by atoms with Gasteiger partial charge < -0.3 is 4.40 Å². The summed E-state index contributed by atoms with van der Waals surface area (Å²) in [5, 5.41) is 8.26. The van der Waals surface area contributed by atoms with E-state index in [0.717, 1.165) is 40.4 Å². The zero-order chi connectivity index (χ0) is 16.4. The molecule has 0 radical (unpaired) electrons. The molecule has 0 spiro atoms. The molecule has 5 nitrogen and oxygen atoms in total. The number of nitrogens with one attached hydrogen (secondary N) is 1. The summed E-state index contributed by atoms with van der Waals surface area (Å²) >= 11 is 1.64. The van der Waals surface area contributed by atoms with Crippen LogP contribution in [-0.2, 0) is 12.2 Å². The number of aromatic nitrogens is 5. The summed E-state index contributed by atoms with van der Waals surface area (Å²) in [6.07, 6.45) is 12.0. The first-order valence-corrected chi connectivity index (χ1v) is 9.74. The molecule has 1 aliphatic rings. The summed E-state index contributed by atoms with van der Waals surface area (Å²) in [5.41, 5.74) is 3.28. The Bertz CT molecular complexity index is 816. The molecule has 1 fully saturated rings. The Kier molecular flexibility index (Phi) is 4.56. The van der Waals surface area contributed by atoms with Crippen LogP contribution in [0.5, 0.6) is 0 Å². The smallest absolute Gasteiger partial charge is 0.208 e. The van der Waals surface area contributed by atoms with E-state index >= 15 is 0 Å². The number of pyridine rings is 1. The second-order valence-electron chi connectivity index (χ2n) is 6.70. The summed E-state index contributed by atoms with van der Waals surface area (Å²) in [4.78, 5) is 9.32. The minimum absolute atomic E-state index is 0.793. The van der Waals surface area contributed by atoms with Gasteiger partial charge in [0.05, 0.1) is 5.69 Å². The van der Waals surface area contributed by atoms with Gasteiger partial charge in [0.2, 0.25) is 5.16 Å². The first-order chi connectivity index (χ1) is 11.8. The van der Waals surface area contributed by atoms with Gasteiger partial charge in [-0.25, -0.2) is 9.97 Å². The second-order valence-corrected chi connectivity index (χ2v) is 7.64. The molecule has 0 aromatic carbocycles. The van der Waals surface area contributed by atoms with E-state index in [0.29, 0.717) is 0 Å². The highest BCUT2D eigenvalue weighted by atomic mass is 32.2. The van der Waals surface area contributed by atoms with Gasteiger partial charge >= 0.3 is 0 Å². The fourth-order valence-corrected chi connectivity index (χ4v) is 4.21. The number of hydrogen-bond acceptors (Lipinski definition) is 4. The average molecular weight is 341 g/mol. The molecule has 0 atom stereocenters. The Labute approximate surface area is 146 Å². The van der Waals surface area contributed by atoms with Gasteiger partial charge in [-0.15, -0.1) is 5.10 Å². The van der Waals surface area contributed by atoms with E-state index in [4.69, 9.17) is 4.98 Å².